The molecule has 2 aromatic carbocycles. The van der Waals surface area contributed by atoms with Crippen molar-refractivity contribution < 1.29 is 19.4 Å². The highest BCUT2D eigenvalue weighted by Gasteiger charge is 2.72. The van der Waals surface area contributed by atoms with Gasteiger partial charge in [-0.25, -0.2) is 4.79 Å². The van der Waals surface area contributed by atoms with Gasteiger partial charge in [0.25, 0.3) is 5.91 Å². The van der Waals surface area contributed by atoms with Crippen LogP contribution < -0.4 is 9.64 Å². The Hall–Kier alpha value is -3.34. The number of fused-ring (bicyclic) bond motifs is 2. The zero-order valence-electron chi connectivity index (χ0n) is 20.3. The number of carboxylic acid groups (broad SMARTS) is 1. The minimum Gasteiger partial charge on any atom is -0.497 e. The number of likely N-dealkylation sites (N-methyl/N-ethyl adjacent to an activating group) is 1. The molecule has 33 heavy (non-hydrogen) atoms. The number of allylic oxidation sites excluding steroid dienone is 2. The van der Waals surface area contributed by atoms with Crippen molar-refractivity contribution in [1.82, 2.24) is 0 Å². The zero-order valence-corrected chi connectivity index (χ0v) is 20.3. The molecule has 2 atom stereocenters. The van der Waals surface area contributed by atoms with E-state index in [9.17, 15) is 14.7 Å². The van der Waals surface area contributed by atoms with Crippen LogP contribution in [-0.2, 0) is 9.59 Å². The molecule has 0 saturated heterocycles. The lowest BCUT2D eigenvalue weighted by atomic mass is 9.59. The van der Waals surface area contributed by atoms with E-state index in [2.05, 4.69) is 13.8 Å². The van der Waals surface area contributed by atoms with Crippen molar-refractivity contribution >= 4 is 23.1 Å². The van der Waals surface area contributed by atoms with Crippen molar-refractivity contribution in [2.45, 2.75) is 34.6 Å². The minimum absolute atomic E-state index is 0.194. The Morgan fingerprint density at radius 2 is 1.45 bits per heavy atom. The standard InChI is InChI=1S/C28H31NO4/c1-17-21(18-13-15-20(33-7)16-14-18)28(5)23(25(31)32)22(27(17,4)26(28,2)3)24(30)29(6)19-11-9-8-10-12-19/h8-16H,1-7H3,(H,31,32). The molecule has 172 valence electrons. The van der Waals surface area contributed by atoms with Gasteiger partial charge in [0.15, 0.2) is 0 Å². The predicted octanol–water partition coefficient (Wildman–Crippen LogP) is 5.58. The lowest BCUT2D eigenvalue weighted by Crippen LogP contribution is -2.41. The average molecular weight is 446 g/mol. The van der Waals surface area contributed by atoms with Crippen molar-refractivity contribution in [3.8, 4) is 5.75 Å². The summed E-state index contributed by atoms with van der Waals surface area (Å²) in [5, 5.41) is 10.5. The van der Waals surface area contributed by atoms with Crippen LogP contribution in [0.4, 0.5) is 5.69 Å². The smallest absolute Gasteiger partial charge is 0.333 e. The number of carbonyl (C=O) groups excluding carboxylic acids is 1. The van der Waals surface area contributed by atoms with Crippen molar-refractivity contribution in [2.24, 2.45) is 16.2 Å². The fraction of sp³-hybridized carbons (Fsp3) is 0.357. The molecule has 0 radical (unpaired) electrons. The summed E-state index contributed by atoms with van der Waals surface area (Å²) in [6, 6.07) is 17.1. The van der Waals surface area contributed by atoms with Crippen molar-refractivity contribution in [3.63, 3.8) is 0 Å². The lowest BCUT2D eigenvalue weighted by Gasteiger charge is -2.43. The maximum Gasteiger partial charge on any atom is 0.333 e. The number of hydrogen-bond acceptors (Lipinski definition) is 3. The summed E-state index contributed by atoms with van der Waals surface area (Å²) < 4.78 is 5.31. The van der Waals surface area contributed by atoms with Gasteiger partial charge >= 0.3 is 5.97 Å². The summed E-state index contributed by atoms with van der Waals surface area (Å²) in [4.78, 5) is 28.3. The van der Waals surface area contributed by atoms with Crippen LogP contribution in [0.5, 0.6) is 5.75 Å². The molecule has 0 aromatic heterocycles. The Morgan fingerprint density at radius 1 is 0.879 bits per heavy atom. The first-order valence-electron chi connectivity index (χ1n) is 11.1. The highest BCUT2D eigenvalue weighted by Crippen LogP contribution is 2.77. The average Bonchev–Trinajstić information content (AvgIpc) is 3.02. The van der Waals surface area contributed by atoms with Gasteiger partial charge in [-0.2, -0.15) is 0 Å². The molecule has 2 aliphatic carbocycles. The van der Waals surface area contributed by atoms with E-state index in [-0.39, 0.29) is 11.5 Å². The molecule has 1 amide bonds. The Kier molecular flexibility index (Phi) is 5.08. The van der Waals surface area contributed by atoms with E-state index >= 15 is 0 Å². The molecule has 2 aromatic rings. The number of anilines is 1. The Morgan fingerprint density at radius 3 is 1.97 bits per heavy atom. The summed E-state index contributed by atoms with van der Waals surface area (Å²) in [5.74, 6) is -0.575. The number of carbonyl (C=O) groups is 2. The molecule has 0 spiro atoms. The second kappa shape index (κ2) is 7.34. The van der Waals surface area contributed by atoms with Crippen LogP contribution in [0.1, 0.15) is 40.2 Å². The van der Waals surface area contributed by atoms with Gasteiger partial charge in [0.2, 0.25) is 0 Å². The number of rotatable bonds is 5. The van der Waals surface area contributed by atoms with Gasteiger partial charge in [-0.1, -0.05) is 63.6 Å². The van der Waals surface area contributed by atoms with Crippen LogP contribution in [0, 0.1) is 16.2 Å². The molecule has 0 fully saturated rings. The van der Waals surface area contributed by atoms with Crippen molar-refractivity contribution in [3.05, 3.63) is 76.9 Å². The van der Waals surface area contributed by atoms with E-state index in [0.717, 1.165) is 28.1 Å². The van der Waals surface area contributed by atoms with Crippen LogP contribution in [0.3, 0.4) is 0 Å². The van der Waals surface area contributed by atoms with Crippen molar-refractivity contribution in [1.29, 1.82) is 0 Å². The van der Waals surface area contributed by atoms with Gasteiger partial charge < -0.3 is 14.7 Å². The highest BCUT2D eigenvalue weighted by atomic mass is 16.5. The molecule has 5 nitrogen and oxygen atoms in total. The van der Waals surface area contributed by atoms with Crippen LogP contribution in [0.2, 0.25) is 0 Å². The first-order valence-corrected chi connectivity index (χ1v) is 11.1. The number of carboxylic acids is 1. The molecular weight excluding hydrogens is 414 g/mol. The molecule has 0 saturated carbocycles. The van der Waals surface area contributed by atoms with E-state index in [1.165, 1.54) is 0 Å². The first kappa shape index (κ1) is 22.8. The summed E-state index contributed by atoms with van der Waals surface area (Å²) in [5.41, 5.74) is 2.14. The number of amides is 1. The number of hydrogen-bond donors (Lipinski definition) is 1. The first-order chi connectivity index (χ1) is 15.4. The number of ether oxygens (including phenoxy) is 1. The van der Waals surface area contributed by atoms with Gasteiger partial charge in [-0.3, -0.25) is 4.79 Å². The second-order valence-electron chi connectivity index (χ2n) is 9.86. The fourth-order valence-electron chi connectivity index (χ4n) is 6.18. The van der Waals surface area contributed by atoms with Crippen LogP contribution in [0.25, 0.3) is 5.57 Å². The maximum atomic E-state index is 13.9. The third kappa shape index (κ3) is 2.71. The third-order valence-corrected chi connectivity index (χ3v) is 8.63. The molecule has 2 aliphatic rings. The fourth-order valence-corrected chi connectivity index (χ4v) is 6.18. The molecule has 1 N–H and O–H groups in total. The SMILES string of the molecule is COc1ccc(C2=C(C)C3(C)C(C(=O)N(C)c4ccccc4)=C(C(=O)O)C2(C)C3(C)C)cc1. The van der Waals surface area contributed by atoms with Gasteiger partial charge in [-0.05, 0) is 47.7 Å². The number of benzene rings is 2. The Labute approximate surface area is 195 Å². The Bertz CT molecular complexity index is 1210. The van der Waals surface area contributed by atoms with Crippen LogP contribution in [-0.4, -0.2) is 31.1 Å². The summed E-state index contributed by atoms with van der Waals surface area (Å²) in [6.07, 6.45) is 0. The molecule has 5 heteroatoms. The van der Waals surface area contributed by atoms with E-state index < -0.39 is 22.2 Å². The largest absolute Gasteiger partial charge is 0.497 e. The maximum absolute atomic E-state index is 13.9. The summed E-state index contributed by atoms with van der Waals surface area (Å²) in [6.45, 7) is 10.2. The minimum atomic E-state index is -1.04. The molecule has 4 rings (SSSR count). The molecule has 0 heterocycles. The lowest BCUT2D eigenvalue weighted by molar-refractivity contribution is -0.134. The summed E-state index contributed by atoms with van der Waals surface area (Å²) in [7, 11) is 3.33. The predicted molar refractivity (Wildman–Crippen MR) is 130 cm³/mol. The van der Waals surface area contributed by atoms with Gasteiger partial charge in [-0.15, -0.1) is 0 Å². The number of nitrogens with zero attached hydrogens (tertiary/aromatic N) is 1. The van der Waals surface area contributed by atoms with E-state index in [1.54, 1.807) is 19.1 Å². The number of para-hydroxylation sites is 1. The van der Waals surface area contributed by atoms with Gasteiger partial charge in [0.1, 0.15) is 5.75 Å². The number of methoxy groups -OCH3 is 1. The quantitative estimate of drug-likeness (QED) is 0.653. The zero-order chi connectivity index (χ0) is 24.3. The molecule has 2 bridgehead atoms. The third-order valence-electron chi connectivity index (χ3n) is 8.63. The molecular formula is C28H31NO4. The van der Waals surface area contributed by atoms with E-state index in [1.807, 2.05) is 75.4 Å². The second-order valence-corrected chi connectivity index (χ2v) is 9.86. The van der Waals surface area contributed by atoms with Gasteiger partial charge in [0.05, 0.1) is 12.7 Å². The van der Waals surface area contributed by atoms with Crippen LogP contribution >= 0.6 is 0 Å². The molecule has 0 aliphatic heterocycles. The van der Waals surface area contributed by atoms with Gasteiger partial charge in [0, 0.05) is 29.1 Å². The highest BCUT2D eigenvalue weighted by molar-refractivity contribution is 6.15. The Balaban J connectivity index is 1.96. The topological polar surface area (TPSA) is 66.8 Å². The van der Waals surface area contributed by atoms with Crippen LogP contribution in [0.15, 0.2) is 71.3 Å². The van der Waals surface area contributed by atoms with E-state index in [0.29, 0.717) is 5.57 Å². The van der Waals surface area contributed by atoms with Crippen molar-refractivity contribution in [2.75, 3.05) is 19.1 Å². The summed E-state index contributed by atoms with van der Waals surface area (Å²) >= 11 is 0. The van der Waals surface area contributed by atoms with E-state index in [4.69, 9.17) is 4.74 Å². The molecule has 2 unspecified atom stereocenters. The number of aliphatic carboxylic acids is 1. The normalized spacial score (nSPS) is 25.4. The monoisotopic (exact) mass is 445 g/mol.